The van der Waals surface area contributed by atoms with Gasteiger partial charge >= 0.3 is 0 Å². The first kappa shape index (κ1) is 8.20. The van der Waals surface area contributed by atoms with Crippen LogP contribution in [-0.2, 0) is 6.42 Å². The Morgan fingerprint density at radius 2 is 2.36 bits per heavy atom. The number of rotatable bonds is 3. The van der Waals surface area contributed by atoms with E-state index in [4.69, 9.17) is 10.3 Å². The number of hydrogen-bond acceptors (Lipinski definition) is 4. The topological polar surface area (TPSA) is 64.9 Å². The van der Waals surface area contributed by atoms with Crippen molar-refractivity contribution in [2.75, 3.05) is 6.54 Å². The largest absolute Gasteiger partial charge is 0.339 e. The Balaban J connectivity index is 2.71. The van der Waals surface area contributed by atoms with Crippen LogP contribution in [0.4, 0.5) is 0 Å². The lowest BCUT2D eigenvalue weighted by Crippen LogP contribution is -2.10. The number of aromatic nitrogens is 2. The summed E-state index contributed by atoms with van der Waals surface area (Å²) in [5.74, 6) is 1.59. The van der Waals surface area contributed by atoms with Crippen molar-refractivity contribution in [2.45, 2.75) is 26.2 Å². The van der Waals surface area contributed by atoms with Gasteiger partial charge in [0.2, 0.25) is 5.89 Å². The summed E-state index contributed by atoms with van der Waals surface area (Å²) in [4.78, 5) is 4.14. The predicted molar refractivity (Wildman–Crippen MR) is 41.1 cm³/mol. The standard InChI is InChI=1S/C7H13N3O/c1-3-6-9-7(10-11-6)5(2)4-8/h5H,3-4,8H2,1-2H3. The first-order valence-electron chi connectivity index (χ1n) is 3.80. The van der Waals surface area contributed by atoms with Gasteiger partial charge in [-0.25, -0.2) is 0 Å². The van der Waals surface area contributed by atoms with E-state index in [1.165, 1.54) is 0 Å². The van der Waals surface area contributed by atoms with Crippen LogP contribution in [0, 0.1) is 0 Å². The van der Waals surface area contributed by atoms with Crippen LogP contribution >= 0.6 is 0 Å². The first-order valence-corrected chi connectivity index (χ1v) is 3.80. The van der Waals surface area contributed by atoms with E-state index in [0.29, 0.717) is 18.3 Å². The van der Waals surface area contributed by atoms with Crippen molar-refractivity contribution in [3.63, 3.8) is 0 Å². The van der Waals surface area contributed by atoms with Crippen LogP contribution in [0.5, 0.6) is 0 Å². The van der Waals surface area contributed by atoms with Crippen LogP contribution in [0.3, 0.4) is 0 Å². The molecule has 0 saturated carbocycles. The second-order valence-electron chi connectivity index (χ2n) is 2.54. The van der Waals surface area contributed by atoms with Gasteiger partial charge < -0.3 is 10.3 Å². The van der Waals surface area contributed by atoms with E-state index in [1.807, 2.05) is 13.8 Å². The molecule has 0 bridgehead atoms. The third-order valence-corrected chi connectivity index (χ3v) is 1.58. The summed E-state index contributed by atoms with van der Waals surface area (Å²) in [6.45, 7) is 4.51. The molecule has 0 radical (unpaired) electrons. The Hall–Kier alpha value is -0.900. The molecule has 0 fully saturated rings. The second kappa shape index (κ2) is 3.48. The SMILES string of the molecule is CCc1nc(C(C)CN)no1. The molecule has 0 amide bonds. The summed E-state index contributed by atoms with van der Waals surface area (Å²) >= 11 is 0. The normalized spacial score (nSPS) is 13.4. The Labute approximate surface area is 65.8 Å². The summed E-state index contributed by atoms with van der Waals surface area (Å²) in [5.41, 5.74) is 5.43. The predicted octanol–water partition coefficient (Wildman–Crippen LogP) is 0.694. The van der Waals surface area contributed by atoms with Gasteiger partial charge in [-0.3, -0.25) is 0 Å². The zero-order chi connectivity index (χ0) is 8.27. The molecular weight excluding hydrogens is 142 g/mol. The number of aryl methyl sites for hydroxylation is 1. The fraction of sp³-hybridized carbons (Fsp3) is 0.714. The number of nitrogens with zero attached hydrogens (tertiary/aromatic N) is 2. The Bertz CT molecular complexity index is 221. The lowest BCUT2D eigenvalue weighted by molar-refractivity contribution is 0.374. The maximum absolute atomic E-state index is 5.43. The van der Waals surface area contributed by atoms with E-state index in [-0.39, 0.29) is 5.92 Å². The van der Waals surface area contributed by atoms with Gasteiger partial charge in [0.15, 0.2) is 5.82 Å². The molecule has 11 heavy (non-hydrogen) atoms. The molecule has 1 rings (SSSR count). The maximum atomic E-state index is 5.43. The molecule has 1 aromatic heterocycles. The minimum absolute atomic E-state index is 0.194. The molecule has 1 heterocycles. The molecule has 2 N–H and O–H groups in total. The Morgan fingerprint density at radius 1 is 1.64 bits per heavy atom. The molecule has 62 valence electrons. The molecule has 0 aliphatic heterocycles. The van der Waals surface area contributed by atoms with Crippen LogP contribution in [0.15, 0.2) is 4.52 Å². The molecule has 0 spiro atoms. The van der Waals surface area contributed by atoms with Crippen molar-refractivity contribution in [1.82, 2.24) is 10.1 Å². The van der Waals surface area contributed by atoms with Crippen LogP contribution in [0.25, 0.3) is 0 Å². The van der Waals surface area contributed by atoms with Crippen LogP contribution in [0.2, 0.25) is 0 Å². The van der Waals surface area contributed by atoms with E-state index in [2.05, 4.69) is 10.1 Å². The average molecular weight is 155 g/mol. The van der Waals surface area contributed by atoms with Gasteiger partial charge in [0.25, 0.3) is 0 Å². The van der Waals surface area contributed by atoms with Gasteiger partial charge in [0.1, 0.15) is 0 Å². The molecular formula is C7H13N3O. The fourth-order valence-electron chi connectivity index (χ4n) is 0.717. The lowest BCUT2D eigenvalue weighted by atomic mass is 10.2. The third kappa shape index (κ3) is 1.77. The highest BCUT2D eigenvalue weighted by atomic mass is 16.5. The van der Waals surface area contributed by atoms with Gasteiger partial charge in [-0.1, -0.05) is 19.0 Å². The molecule has 4 heteroatoms. The zero-order valence-corrected chi connectivity index (χ0v) is 6.87. The summed E-state index contributed by atoms with van der Waals surface area (Å²) in [5, 5.41) is 3.79. The molecule has 1 unspecified atom stereocenters. The van der Waals surface area contributed by atoms with E-state index >= 15 is 0 Å². The quantitative estimate of drug-likeness (QED) is 0.697. The molecule has 0 aliphatic carbocycles. The van der Waals surface area contributed by atoms with E-state index in [0.717, 1.165) is 6.42 Å². The van der Waals surface area contributed by atoms with Gasteiger partial charge in [-0.15, -0.1) is 0 Å². The summed E-state index contributed by atoms with van der Waals surface area (Å²) in [7, 11) is 0. The molecule has 1 atom stereocenters. The summed E-state index contributed by atoms with van der Waals surface area (Å²) < 4.78 is 4.92. The second-order valence-corrected chi connectivity index (χ2v) is 2.54. The van der Waals surface area contributed by atoms with Crippen LogP contribution in [-0.4, -0.2) is 16.7 Å². The van der Waals surface area contributed by atoms with Crippen molar-refractivity contribution in [1.29, 1.82) is 0 Å². The van der Waals surface area contributed by atoms with Gasteiger partial charge in [-0.05, 0) is 0 Å². The van der Waals surface area contributed by atoms with Crippen LogP contribution < -0.4 is 5.73 Å². The highest BCUT2D eigenvalue weighted by Crippen LogP contribution is 2.08. The van der Waals surface area contributed by atoms with Crippen molar-refractivity contribution in [2.24, 2.45) is 5.73 Å². The smallest absolute Gasteiger partial charge is 0.226 e. The lowest BCUT2D eigenvalue weighted by Gasteiger charge is -1.98. The van der Waals surface area contributed by atoms with Gasteiger partial charge in [0.05, 0.1) is 0 Å². The van der Waals surface area contributed by atoms with Crippen molar-refractivity contribution in [3.8, 4) is 0 Å². The van der Waals surface area contributed by atoms with E-state index in [9.17, 15) is 0 Å². The molecule has 1 aromatic rings. The molecule has 0 aromatic carbocycles. The zero-order valence-electron chi connectivity index (χ0n) is 6.87. The maximum Gasteiger partial charge on any atom is 0.226 e. The average Bonchev–Trinajstić information content (AvgIpc) is 2.50. The Kier molecular flexibility index (Phi) is 2.59. The minimum atomic E-state index is 0.194. The van der Waals surface area contributed by atoms with Crippen LogP contribution in [0.1, 0.15) is 31.5 Å². The fourth-order valence-corrected chi connectivity index (χ4v) is 0.717. The Morgan fingerprint density at radius 3 is 2.82 bits per heavy atom. The number of hydrogen-bond donors (Lipinski definition) is 1. The van der Waals surface area contributed by atoms with Gasteiger partial charge in [-0.2, -0.15) is 4.98 Å². The first-order chi connectivity index (χ1) is 5.27. The highest BCUT2D eigenvalue weighted by molar-refractivity contribution is 4.93. The minimum Gasteiger partial charge on any atom is -0.339 e. The third-order valence-electron chi connectivity index (χ3n) is 1.58. The van der Waals surface area contributed by atoms with Crippen molar-refractivity contribution < 1.29 is 4.52 Å². The van der Waals surface area contributed by atoms with E-state index in [1.54, 1.807) is 0 Å². The molecule has 0 aliphatic rings. The van der Waals surface area contributed by atoms with Crippen molar-refractivity contribution >= 4 is 0 Å². The number of nitrogens with two attached hydrogens (primary N) is 1. The molecule has 0 saturated heterocycles. The van der Waals surface area contributed by atoms with E-state index < -0.39 is 0 Å². The highest BCUT2D eigenvalue weighted by Gasteiger charge is 2.10. The summed E-state index contributed by atoms with van der Waals surface area (Å²) in [6.07, 6.45) is 0.782. The summed E-state index contributed by atoms with van der Waals surface area (Å²) in [6, 6.07) is 0. The van der Waals surface area contributed by atoms with Gasteiger partial charge in [0, 0.05) is 18.9 Å². The monoisotopic (exact) mass is 155 g/mol. The van der Waals surface area contributed by atoms with Crippen molar-refractivity contribution in [3.05, 3.63) is 11.7 Å². The molecule has 4 nitrogen and oxygen atoms in total.